The molecule has 0 unspecified atom stereocenters. The smallest absolute Gasteiger partial charge is 0.339 e. The van der Waals surface area contributed by atoms with Crippen LogP contribution in [0, 0.1) is 6.92 Å². The van der Waals surface area contributed by atoms with Gasteiger partial charge < -0.3 is 14.6 Å². The highest BCUT2D eigenvalue weighted by atomic mass is 35.5. The van der Waals surface area contributed by atoms with Crippen molar-refractivity contribution in [3.8, 4) is 11.5 Å². The molecule has 2 aromatic carbocycles. The first-order valence-electron chi connectivity index (χ1n) is 8.08. The Labute approximate surface area is 153 Å². The van der Waals surface area contributed by atoms with E-state index in [1.807, 2.05) is 13.0 Å². The maximum Gasteiger partial charge on any atom is 0.339 e. The molecule has 0 aliphatic rings. The maximum absolute atomic E-state index is 11.3. The second-order valence-corrected chi connectivity index (χ2v) is 7.33. The molecule has 134 valence electrons. The van der Waals surface area contributed by atoms with Gasteiger partial charge in [0, 0.05) is 5.02 Å². The fourth-order valence-corrected chi connectivity index (χ4v) is 2.64. The Balaban J connectivity index is 2.03. The molecular weight excluding hydrogens is 340 g/mol. The summed E-state index contributed by atoms with van der Waals surface area (Å²) in [5.41, 5.74) is 2.25. The number of ether oxygens (including phenoxy) is 2. The number of carbonyl (C=O) groups is 1. The molecule has 0 aliphatic carbocycles. The van der Waals surface area contributed by atoms with Gasteiger partial charge in [-0.3, -0.25) is 0 Å². The summed E-state index contributed by atoms with van der Waals surface area (Å²) in [4.78, 5) is 11.3. The van der Waals surface area contributed by atoms with E-state index in [0.717, 1.165) is 16.9 Å². The number of aromatic carboxylic acids is 1. The second kappa shape index (κ2) is 7.79. The number of carboxylic acids is 1. The molecule has 0 heterocycles. The fourth-order valence-electron chi connectivity index (χ4n) is 2.47. The van der Waals surface area contributed by atoms with Crippen molar-refractivity contribution >= 4 is 17.6 Å². The van der Waals surface area contributed by atoms with E-state index in [0.29, 0.717) is 11.6 Å². The normalized spacial score (nSPS) is 11.2. The van der Waals surface area contributed by atoms with E-state index in [1.54, 1.807) is 12.1 Å². The van der Waals surface area contributed by atoms with Gasteiger partial charge in [0.1, 0.15) is 30.3 Å². The third-order valence-electron chi connectivity index (χ3n) is 3.72. The summed E-state index contributed by atoms with van der Waals surface area (Å²) in [6.45, 7) is 8.96. The molecular formula is C20H23ClO4. The lowest BCUT2D eigenvalue weighted by molar-refractivity contribution is 0.0691. The topological polar surface area (TPSA) is 55.8 Å². The van der Waals surface area contributed by atoms with Gasteiger partial charge >= 0.3 is 5.97 Å². The maximum atomic E-state index is 11.3. The first kappa shape index (κ1) is 19.1. The highest BCUT2D eigenvalue weighted by molar-refractivity contribution is 6.31. The molecule has 0 amide bonds. The quantitative estimate of drug-likeness (QED) is 0.726. The van der Waals surface area contributed by atoms with Gasteiger partial charge in [-0.05, 0) is 47.7 Å². The van der Waals surface area contributed by atoms with Crippen molar-refractivity contribution in [2.75, 3.05) is 13.2 Å². The van der Waals surface area contributed by atoms with Crippen LogP contribution in [0.2, 0.25) is 5.02 Å². The van der Waals surface area contributed by atoms with Gasteiger partial charge in [0.05, 0.1) is 0 Å². The van der Waals surface area contributed by atoms with Gasteiger partial charge in [-0.25, -0.2) is 4.79 Å². The van der Waals surface area contributed by atoms with E-state index < -0.39 is 5.97 Å². The zero-order valence-electron chi connectivity index (χ0n) is 14.9. The molecule has 2 aromatic rings. The lowest BCUT2D eigenvalue weighted by Gasteiger charge is -2.23. The van der Waals surface area contributed by atoms with Crippen LogP contribution in [0.3, 0.4) is 0 Å². The number of hydrogen-bond acceptors (Lipinski definition) is 3. The van der Waals surface area contributed by atoms with E-state index in [4.69, 9.17) is 21.1 Å². The molecule has 5 heteroatoms. The number of rotatable bonds is 6. The van der Waals surface area contributed by atoms with Crippen molar-refractivity contribution in [2.24, 2.45) is 0 Å². The van der Waals surface area contributed by atoms with Gasteiger partial charge in [-0.15, -0.1) is 0 Å². The minimum atomic E-state index is -1.08. The van der Waals surface area contributed by atoms with Crippen molar-refractivity contribution in [1.29, 1.82) is 0 Å². The highest BCUT2D eigenvalue weighted by Crippen LogP contribution is 2.32. The molecule has 2 rings (SSSR count). The molecule has 0 saturated heterocycles. The Morgan fingerprint density at radius 3 is 2.28 bits per heavy atom. The van der Waals surface area contributed by atoms with Crippen LogP contribution in [-0.4, -0.2) is 24.3 Å². The van der Waals surface area contributed by atoms with Gasteiger partial charge in [0.25, 0.3) is 0 Å². The van der Waals surface area contributed by atoms with Crippen LogP contribution in [0.15, 0.2) is 36.4 Å². The summed E-state index contributed by atoms with van der Waals surface area (Å²) < 4.78 is 11.5. The molecule has 4 nitrogen and oxygen atoms in total. The average molecular weight is 363 g/mol. The lowest BCUT2D eigenvalue weighted by Crippen LogP contribution is -2.16. The molecule has 0 radical (unpaired) electrons. The van der Waals surface area contributed by atoms with Crippen LogP contribution in [0.5, 0.6) is 11.5 Å². The Morgan fingerprint density at radius 2 is 1.68 bits per heavy atom. The summed E-state index contributed by atoms with van der Waals surface area (Å²) in [6.07, 6.45) is 0. The van der Waals surface area contributed by atoms with Crippen LogP contribution in [0.1, 0.15) is 42.3 Å². The summed E-state index contributed by atoms with van der Waals surface area (Å²) >= 11 is 5.83. The van der Waals surface area contributed by atoms with E-state index in [9.17, 15) is 9.90 Å². The molecule has 0 saturated carbocycles. The Hall–Kier alpha value is -2.20. The van der Waals surface area contributed by atoms with E-state index in [1.165, 1.54) is 6.07 Å². The summed E-state index contributed by atoms with van der Waals surface area (Å²) in [7, 11) is 0. The van der Waals surface area contributed by atoms with Crippen molar-refractivity contribution in [3.05, 3.63) is 58.1 Å². The van der Waals surface area contributed by atoms with Gasteiger partial charge in [0.15, 0.2) is 0 Å². The van der Waals surface area contributed by atoms with E-state index >= 15 is 0 Å². The van der Waals surface area contributed by atoms with Gasteiger partial charge in [0.2, 0.25) is 0 Å². The highest BCUT2D eigenvalue weighted by Gasteiger charge is 2.19. The summed E-state index contributed by atoms with van der Waals surface area (Å²) in [5, 5.41) is 9.57. The zero-order chi connectivity index (χ0) is 18.6. The van der Waals surface area contributed by atoms with Gasteiger partial charge in [-0.2, -0.15) is 0 Å². The first-order chi connectivity index (χ1) is 11.7. The molecule has 1 N–H and O–H groups in total. The molecule has 0 bridgehead atoms. The Bertz CT molecular complexity index is 763. The monoisotopic (exact) mass is 362 g/mol. The number of hydrogen-bond donors (Lipinski definition) is 1. The van der Waals surface area contributed by atoms with Crippen molar-refractivity contribution in [2.45, 2.75) is 33.1 Å². The molecule has 0 spiro atoms. The van der Waals surface area contributed by atoms with Crippen molar-refractivity contribution in [3.63, 3.8) is 0 Å². The van der Waals surface area contributed by atoms with Crippen LogP contribution in [-0.2, 0) is 5.41 Å². The SMILES string of the molecule is Cc1ccc(C(C)(C)C)c(OCCOc2ccc(Cl)cc2C(=O)O)c1. The molecule has 0 fully saturated rings. The molecule has 25 heavy (non-hydrogen) atoms. The first-order valence-corrected chi connectivity index (χ1v) is 8.46. The van der Waals surface area contributed by atoms with Gasteiger partial charge in [-0.1, -0.05) is 44.5 Å². The Kier molecular flexibility index (Phi) is 5.96. The van der Waals surface area contributed by atoms with E-state index in [-0.39, 0.29) is 23.3 Å². The van der Waals surface area contributed by atoms with Crippen LogP contribution < -0.4 is 9.47 Å². The largest absolute Gasteiger partial charge is 0.490 e. The predicted molar refractivity (Wildman–Crippen MR) is 99.3 cm³/mol. The van der Waals surface area contributed by atoms with Crippen LogP contribution in [0.25, 0.3) is 0 Å². The lowest BCUT2D eigenvalue weighted by atomic mass is 9.86. The summed E-state index contributed by atoms with van der Waals surface area (Å²) in [5.74, 6) is 0.0265. The molecule has 0 aliphatic heterocycles. The standard InChI is InChI=1S/C20H23ClO4/c1-13-5-7-16(20(2,3)4)18(11-13)25-10-9-24-17-8-6-14(21)12-15(17)19(22)23/h5-8,11-12H,9-10H2,1-4H3,(H,22,23). The summed E-state index contributed by atoms with van der Waals surface area (Å²) in [6, 6.07) is 10.7. The minimum Gasteiger partial charge on any atom is -0.490 e. The third-order valence-corrected chi connectivity index (χ3v) is 3.95. The number of benzene rings is 2. The molecule has 0 atom stereocenters. The van der Waals surface area contributed by atoms with E-state index in [2.05, 4.69) is 32.9 Å². The minimum absolute atomic E-state index is 0.0312. The fraction of sp³-hybridized carbons (Fsp3) is 0.350. The third kappa shape index (κ3) is 5.13. The van der Waals surface area contributed by atoms with Crippen molar-refractivity contribution < 1.29 is 19.4 Å². The second-order valence-electron chi connectivity index (χ2n) is 6.89. The van der Waals surface area contributed by atoms with Crippen LogP contribution >= 0.6 is 11.6 Å². The Morgan fingerprint density at radius 1 is 1.04 bits per heavy atom. The number of halogens is 1. The molecule has 0 aromatic heterocycles. The number of aryl methyl sites for hydroxylation is 1. The predicted octanol–water partition coefficient (Wildman–Crippen LogP) is 5.10. The number of carboxylic acid groups (broad SMARTS) is 1. The van der Waals surface area contributed by atoms with Crippen molar-refractivity contribution in [1.82, 2.24) is 0 Å². The zero-order valence-corrected chi connectivity index (χ0v) is 15.7. The van der Waals surface area contributed by atoms with Crippen LogP contribution in [0.4, 0.5) is 0 Å². The average Bonchev–Trinajstić information content (AvgIpc) is 2.51.